The number of para-hydroxylation sites is 1. The predicted molar refractivity (Wildman–Crippen MR) is 48.6 cm³/mol. The van der Waals surface area contributed by atoms with Crippen LogP contribution in [-0.4, -0.2) is 11.1 Å². The molecule has 0 radical (unpaired) electrons. The van der Waals surface area contributed by atoms with E-state index in [0.717, 1.165) is 0 Å². The minimum atomic E-state index is -0.720. The van der Waals surface area contributed by atoms with Crippen molar-refractivity contribution in [3.63, 3.8) is 0 Å². The minimum absolute atomic E-state index is 0.0779. The van der Waals surface area contributed by atoms with Crippen molar-refractivity contribution in [2.75, 3.05) is 0 Å². The summed E-state index contributed by atoms with van der Waals surface area (Å²) in [7, 11) is 0. The van der Waals surface area contributed by atoms with Gasteiger partial charge in [0.05, 0.1) is 0 Å². The predicted octanol–water partition coefficient (Wildman–Crippen LogP) is 1.83. The van der Waals surface area contributed by atoms with Crippen LogP contribution in [0.25, 0.3) is 0 Å². The molecule has 5 heteroatoms. The van der Waals surface area contributed by atoms with Crippen LogP contribution in [0.2, 0.25) is 0 Å². The van der Waals surface area contributed by atoms with E-state index in [-0.39, 0.29) is 11.3 Å². The highest BCUT2D eigenvalue weighted by molar-refractivity contribution is 14.1. The molecule has 0 fully saturated rings. The molecule has 0 spiro atoms. The zero-order valence-electron chi connectivity index (χ0n) is 5.86. The molecule has 0 heterocycles. The topological polar surface area (TPSA) is 55.8 Å². The average molecular weight is 280 g/mol. The zero-order valence-corrected chi connectivity index (χ0v) is 8.02. The number of phenolic OH excluding ortho intramolecular Hbond substituents is 1. The number of carbonyl (C=O) groups is 1. The summed E-state index contributed by atoms with van der Waals surface area (Å²) in [5.74, 6) is -0.849. The lowest BCUT2D eigenvalue weighted by molar-refractivity contribution is -0.109. The minimum Gasteiger partial charge on any atom is -0.507 e. The largest absolute Gasteiger partial charge is 0.507 e. The summed E-state index contributed by atoms with van der Waals surface area (Å²) in [6.45, 7) is 0. The quantitative estimate of drug-likeness (QED) is 0.510. The standard InChI is InChI=1S/C7H5IO4/c8-12-11-7(10)5-3-1-2-4-6(5)9/h1-4,9H. The van der Waals surface area contributed by atoms with Gasteiger partial charge in [-0.2, -0.15) is 0 Å². The van der Waals surface area contributed by atoms with E-state index in [1.807, 2.05) is 0 Å². The van der Waals surface area contributed by atoms with Crippen LogP contribution in [0.5, 0.6) is 5.75 Å². The first-order valence-electron chi connectivity index (χ1n) is 3.03. The van der Waals surface area contributed by atoms with Crippen molar-refractivity contribution in [3.8, 4) is 5.75 Å². The highest BCUT2D eigenvalue weighted by Gasteiger charge is 2.11. The maximum Gasteiger partial charge on any atom is 0.377 e. The van der Waals surface area contributed by atoms with Crippen molar-refractivity contribution in [1.82, 2.24) is 0 Å². The van der Waals surface area contributed by atoms with E-state index in [1.165, 1.54) is 35.1 Å². The van der Waals surface area contributed by atoms with Gasteiger partial charge < -0.3 is 5.11 Å². The smallest absolute Gasteiger partial charge is 0.377 e. The van der Waals surface area contributed by atoms with Crippen LogP contribution in [0, 0.1) is 0 Å². The number of phenols is 1. The Kier molecular flexibility index (Phi) is 3.30. The lowest BCUT2D eigenvalue weighted by Gasteiger charge is -1.99. The van der Waals surface area contributed by atoms with Crippen molar-refractivity contribution < 1.29 is 18.0 Å². The Morgan fingerprint density at radius 2 is 2.08 bits per heavy atom. The van der Waals surface area contributed by atoms with Gasteiger partial charge in [0.15, 0.2) is 23.0 Å². The molecule has 0 aliphatic heterocycles. The maximum absolute atomic E-state index is 11.0. The fourth-order valence-electron chi connectivity index (χ4n) is 0.720. The van der Waals surface area contributed by atoms with Crippen molar-refractivity contribution in [2.45, 2.75) is 0 Å². The number of hydrogen-bond donors (Lipinski definition) is 1. The molecular formula is C7H5IO4. The summed E-state index contributed by atoms with van der Waals surface area (Å²) in [4.78, 5) is 15.1. The Labute approximate surface area is 82.7 Å². The molecule has 0 aliphatic carbocycles. The van der Waals surface area contributed by atoms with Gasteiger partial charge in [0.25, 0.3) is 0 Å². The molecule has 0 bridgehead atoms. The molecule has 1 rings (SSSR count). The van der Waals surface area contributed by atoms with Crippen LogP contribution < -0.4 is 0 Å². The van der Waals surface area contributed by atoms with E-state index in [1.54, 1.807) is 12.1 Å². The van der Waals surface area contributed by atoms with E-state index in [2.05, 4.69) is 8.10 Å². The summed E-state index contributed by atoms with van der Waals surface area (Å²) in [6, 6.07) is 6.05. The normalized spacial score (nSPS) is 9.42. The van der Waals surface area contributed by atoms with Crippen LogP contribution >= 0.6 is 23.0 Å². The highest BCUT2D eigenvalue weighted by atomic mass is 127. The van der Waals surface area contributed by atoms with Crippen LogP contribution in [-0.2, 0) is 8.10 Å². The second-order valence-corrected chi connectivity index (χ2v) is 2.31. The first-order valence-corrected chi connectivity index (χ1v) is 3.91. The Hall–Kier alpha value is -0.820. The number of rotatable bonds is 2. The van der Waals surface area contributed by atoms with Crippen molar-refractivity contribution in [2.24, 2.45) is 0 Å². The molecule has 0 aromatic heterocycles. The molecule has 0 saturated carbocycles. The molecule has 0 atom stereocenters. The van der Waals surface area contributed by atoms with Gasteiger partial charge in [-0.25, -0.2) is 4.79 Å². The van der Waals surface area contributed by atoms with E-state index >= 15 is 0 Å². The van der Waals surface area contributed by atoms with Crippen LogP contribution in [0.3, 0.4) is 0 Å². The Morgan fingerprint density at radius 3 is 2.67 bits per heavy atom. The van der Waals surface area contributed by atoms with Gasteiger partial charge in [0.1, 0.15) is 11.3 Å². The van der Waals surface area contributed by atoms with Crippen molar-refractivity contribution >= 4 is 29.0 Å². The molecule has 0 amide bonds. The van der Waals surface area contributed by atoms with Crippen LogP contribution in [0.15, 0.2) is 24.3 Å². The molecule has 1 aromatic carbocycles. The molecule has 1 N–H and O–H groups in total. The second kappa shape index (κ2) is 4.27. The Balaban J connectivity index is 2.87. The number of carbonyl (C=O) groups excluding carboxylic acids is 1. The second-order valence-electron chi connectivity index (χ2n) is 1.95. The van der Waals surface area contributed by atoms with Crippen molar-refractivity contribution in [3.05, 3.63) is 29.8 Å². The fourth-order valence-corrected chi connectivity index (χ4v) is 0.883. The van der Waals surface area contributed by atoms with E-state index in [9.17, 15) is 4.79 Å². The molecule has 0 aliphatic rings. The summed E-state index contributed by atoms with van der Waals surface area (Å²) >= 11 is 1.42. The first-order chi connectivity index (χ1) is 5.75. The van der Waals surface area contributed by atoms with Gasteiger partial charge in [-0.15, -0.1) is 3.22 Å². The summed E-state index contributed by atoms with van der Waals surface area (Å²) in [5.41, 5.74) is 0.0779. The molecular weight excluding hydrogens is 275 g/mol. The van der Waals surface area contributed by atoms with E-state index in [0.29, 0.717) is 0 Å². The lowest BCUT2D eigenvalue weighted by Crippen LogP contribution is -2.01. The summed E-state index contributed by atoms with van der Waals surface area (Å²) in [5, 5.41) is 9.15. The summed E-state index contributed by atoms with van der Waals surface area (Å²) < 4.78 is 4.12. The van der Waals surface area contributed by atoms with Crippen LogP contribution in [0.4, 0.5) is 0 Å². The van der Waals surface area contributed by atoms with Crippen LogP contribution in [0.1, 0.15) is 10.4 Å². The average Bonchev–Trinajstić information content (AvgIpc) is 2.05. The molecule has 4 nitrogen and oxygen atoms in total. The number of hydrogen-bond acceptors (Lipinski definition) is 4. The lowest BCUT2D eigenvalue weighted by atomic mass is 10.2. The van der Waals surface area contributed by atoms with Crippen molar-refractivity contribution in [1.29, 1.82) is 0 Å². The number of halogens is 1. The number of benzene rings is 1. The van der Waals surface area contributed by atoms with E-state index in [4.69, 9.17) is 5.11 Å². The van der Waals surface area contributed by atoms with Gasteiger partial charge in [0, 0.05) is 0 Å². The van der Waals surface area contributed by atoms with Gasteiger partial charge in [-0.3, -0.25) is 4.89 Å². The zero-order chi connectivity index (χ0) is 8.97. The maximum atomic E-state index is 11.0. The molecule has 1 aromatic rings. The monoisotopic (exact) mass is 280 g/mol. The van der Waals surface area contributed by atoms with Gasteiger partial charge in [-0.05, 0) is 12.1 Å². The SMILES string of the molecule is O=C(OOI)c1ccccc1O. The molecule has 64 valence electrons. The third kappa shape index (κ3) is 2.08. The number of aromatic hydroxyl groups is 1. The molecule has 0 unspecified atom stereocenters. The first kappa shape index (κ1) is 9.27. The third-order valence-electron chi connectivity index (χ3n) is 1.23. The summed E-state index contributed by atoms with van der Waals surface area (Å²) in [6.07, 6.45) is 0. The molecule has 12 heavy (non-hydrogen) atoms. The van der Waals surface area contributed by atoms with E-state index < -0.39 is 5.97 Å². The van der Waals surface area contributed by atoms with Gasteiger partial charge in [-0.1, -0.05) is 12.1 Å². The fraction of sp³-hybridized carbons (Fsp3) is 0. The highest BCUT2D eigenvalue weighted by Crippen LogP contribution is 2.16. The van der Waals surface area contributed by atoms with Gasteiger partial charge >= 0.3 is 5.97 Å². The van der Waals surface area contributed by atoms with Gasteiger partial charge in [0.2, 0.25) is 0 Å². The molecule has 0 saturated heterocycles. The third-order valence-corrected chi connectivity index (χ3v) is 1.41. The Morgan fingerprint density at radius 1 is 1.42 bits per heavy atom. The Bertz CT molecular complexity index is 286.